The van der Waals surface area contributed by atoms with E-state index in [2.05, 4.69) is 5.32 Å². The van der Waals surface area contributed by atoms with Crippen molar-refractivity contribution >= 4 is 34.4 Å². The van der Waals surface area contributed by atoms with Gasteiger partial charge in [0, 0.05) is 17.1 Å². The minimum Gasteiger partial charge on any atom is -0.350 e. The number of anilines is 1. The van der Waals surface area contributed by atoms with Gasteiger partial charge in [0.15, 0.2) is 0 Å². The lowest BCUT2D eigenvalue weighted by atomic mass is 10.1. The van der Waals surface area contributed by atoms with E-state index in [1.54, 1.807) is 0 Å². The molecule has 1 aromatic heterocycles. The van der Waals surface area contributed by atoms with E-state index in [9.17, 15) is 9.59 Å². The molecule has 0 spiro atoms. The normalized spacial score (nSPS) is 14.7. The van der Waals surface area contributed by atoms with E-state index in [0.717, 1.165) is 22.5 Å². The first-order chi connectivity index (χ1) is 11.5. The van der Waals surface area contributed by atoms with Crippen molar-refractivity contribution < 1.29 is 9.59 Å². The molecule has 4 nitrogen and oxygen atoms in total. The van der Waals surface area contributed by atoms with Gasteiger partial charge in [-0.25, -0.2) is 0 Å². The summed E-state index contributed by atoms with van der Waals surface area (Å²) >= 11 is 1.47. The van der Waals surface area contributed by atoms with Crippen molar-refractivity contribution in [1.29, 1.82) is 0 Å². The number of hydrogen-bond donors (Lipinski definition) is 1. The van der Waals surface area contributed by atoms with Crippen molar-refractivity contribution in [2.75, 3.05) is 11.9 Å². The molecule has 0 unspecified atom stereocenters. The van der Waals surface area contributed by atoms with Gasteiger partial charge >= 0.3 is 0 Å². The molecule has 24 heavy (non-hydrogen) atoms. The Morgan fingerprint density at radius 3 is 2.50 bits per heavy atom. The fourth-order valence-electron chi connectivity index (χ4n) is 2.73. The summed E-state index contributed by atoms with van der Waals surface area (Å²) in [6, 6.07) is 9.70. The van der Waals surface area contributed by atoms with Crippen LogP contribution in [0.4, 0.5) is 5.69 Å². The average Bonchev–Trinajstić information content (AvgIpc) is 3.15. The quantitative estimate of drug-likeness (QED) is 0.838. The lowest BCUT2D eigenvalue weighted by Crippen LogP contribution is -2.33. The van der Waals surface area contributed by atoms with E-state index < -0.39 is 0 Å². The Hall–Kier alpha value is -2.40. The first-order valence-corrected chi connectivity index (χ1v) is 8.89. The number of hydrogen-bond acceptors (Lipinski definition) is 4. The van der Waals surface area contributed by atoms with Crippen LogP contribution in [0.3, 0.4) is 0 Å². The second kappa shape index (κ2) is 6.61. The molecule has 124 valence electrons. The molecular formula is C19H20N2O2S. The molecule has 0 saturated carbocycles. The highest BCUT2D eigenvalue weighted by atomic mass is 32.1. The second-order valence-corrected chi connectivity index (χ2v) is 6.86. The van der Waals surface area contributed by atoms with Crippen molar-refractivity contribution in [3.05, 3.63) is 57.4 Å². The second-order valence-electron chi connectivity index (χ2n) is 5.91. The first-order valence-electron chi connectivity index (χ1n) is 8.01. The minimum absolute atomic E-state index is 0.212. The fraction of sp³-hybridized carbons (Fsp3) is 0.263. The predicted molar refractivity (Wildman–Crippen MR) is 97.8 cm³/mol. The van der Waals surface area contributed by atoms with Gasteiger partial charge in [-0.3, -0.25) is 14.5 Å². The van der Waals surface area contributed by atoms with Crippen LogP contribution in [0, 0.1) is 13.8 Å². The van der Waals surface area contributed by atoms with E-state index in [1.165, 1.54) is 21.8 Å². The number of thiophene rings is 1. The van der Waals surface area contributed by atoms with Gasteiger partial charge in [-0.1, -0.05) is 19.1 Å². The maximum Gasteiger partial charge on any atom is 0.278 e. The van der Waals surface area contributed by atoms with Crippen LogP contribution >= 0.6 is 11.3 Å². The summed E-state index contributed by atoms with van der Waals surface area (Å²) in [6.07, 6.45) is 0.742. The third-order valence-corrected chi connectivity index (χ3v) is 5.05. The number of carbonyl (C=O) groups is 2. The number of nitrogens with one attached hydrogen (secondary N) is 1. The van der Waals surface area contributed by atoms with Gasteiger partial charge in [0.05, 0.1) is 5.57 Å². The summed E-state index contributed by atoms with van der Waals surface area (Å²) in [5.74, 6) is -0.459. The predicted octanol–water partition coefficient (Wildman–Crippen LogP) is 3.97. The van der Waals surface area contributed by atoms with E-state index in [4.69, 9.17) is 0 Å². The maximum atomic E-state index is 12.8. The van der Waals surface area contributed by atoms with Gasteiger partial charge in [0.1, 0.15) is 5.70 Å². The van der Waals surface area contributed by atoms with Gasteiger partial charge < -0.3 is 5.32 Å². The van der Waals surface area contributed by atoms with Crippen molar-refractivity contribution in [1.82, 2.24) is 4.90 Å². The lowest BCUT2D eigenvalue weighted by Gasteiger charge is -2.14. The molecule has 0 fully saturated rings. The molecule has 0 atom stereocenters. The molecule has 1 aromatic carbocycles. The Bertz CT molecular complexity index is 822. The summed E-state index contributed by atoms with van der Waals surface area (Å²) < 4.78 is 0. The fourth-order valence-corrected chi connectivity index (χ4v) is 3.50. The maximum absolute atomic E-state index is 12.8. The largest absolute Gasteiger partial charge is 0.350 e. The Morgan fingerprint density at radius 2 is 1.88 bits per heavy atom. The first kappa shape index (κ1) is 16.5. The topological polar surface area (TPSA) is 49.4 Å². The third kappa shape index (κ3) is 2.87. The molecule has 2 amide bonds. The van der Waals surface area contributed by atoms with Crippen molar-refractivity contribution in [3.8, 4) is 0 Å². The Labute approximate surface area is 145 Å². The van der Waals surface area contributed by atoms with Crippen LogP contribution in [0.15, 0.2) is 41.4 Å². The van der Waals surface area contributed by atoms with Crippen molar-refractivity contribution in [3.63, 3.8) is 0 Å². The van der Waals surface area contributed by atoms with Crippen molar-refractivity contribution in [2.45, 2.75) is 27.2 Å². The standard InChI is InChI=1S/C19H20N2O2S/c1-4-9-21-18(22)16(15-6-5-10-24-15)17(19(21)23)20-14-8-7-12(2)13(3)11-14/h5-8,10-11,20H,4,9H2,1-3H3. The zero-order chi connectivity index (χ0) is 17.3. The van der Waals surface area contributed by atoms with Crippen LogP contribution in [0.2, 0.25) is 0 Å². The molecule has 0 aliphatic carbocycles. The zero-order valence-corrected chi connectivity index (χ0v) is 14.9. The number of amides is 2. The molecule has 2 aromatic rings. The molecule has 2 heterocycles. The molecule has 3 rings (SSSR count). The molecule has 0 saturated heterocycles. The number of rotatable bonds is 5. The van der Waals surface area contributed by atoms with E-state index >= 15 is 0 Å². The summed E-state index contributed by atoms with van der Waals surface area (Å²) in [5, 5.41) is 5.10. The molecule has 1 aliphatic heterocycles. The van der Waals surface area contributed by atoms with Crippen LogP contribution < -0.4 is 5.32 Å². The highest BCUT2D eigenvalue weighted by Crippen LogP contribution is 2.33. The van der Waals surface area contributed by atoms with Gasteiger partial charge in [-0.2, -0.15) is 0 Å². The third-order valence-electron chi connectivity index (χ3n) is 4.16. The molecule has 0 radical (unpaired) electrons. The number of aryl methyl sites for hydroxylation is 2. The number of imide groups is 1. The smallest absolute Gasteiger partial charge is 0.278 e. The van der Waals surface area contributed by atoms with Crippen LogP contribution in [-0.4, -0.2) is 23.3 Å². The molecule has 0 bridgehead atoms. The van der Waals surface area contributed by atoms with E-state index in [-0.39, 0.29) is 11.8 Å². The zero-order valence-electron chi connectivity index (χ0n) is 14.1. The van der Waals surface area contributed by atoms with E-state index in [0.29, 0.717) is 17.8 Å². The summed E-state index contributed by atoms with van der Waals surface area (Å²) in [6.45, 7) is 6.47. The summed E-state index contributed by atoms with van der Waals surface area (Å²) in [5.41, 5.74) is 4.00. The molecular weight excluding hydrogens is 320 g/mol. The summed E-state index contributed by atoms with van der Waals surface area (Å²) in [7, 11) is 0. The van der Waals surface area contributed by atoms with Crippen LogP contribution in [0.25, 0.3) is 5.57 Å². The average molecular weight is 340 g/mol. The number of nitrogens with zero attached hydrogens (tertiary/aromatic N) is 1. The Morgan fingerprint density at radius 1 is 1.08 bits per heavy atom. The van der Waals surface area contributed by atoms with Gasteiger partial charge in [0.2, 0.25) is 0 Å². The lowest BCUT2D eigenvalue weighted by molar-refractivity contribution is -0.136. The van der Waals surface area contributed by atoms with Gasteiger partial charge in [-0.15, -0.1) is 11.3 Å². The van der Waals surface area contributed by atoms with Crippen LogP contribution in [0.5, 0.6) is 0 Å². The van der Waals surface area contributed by atoms with Crippen LogP contribution in [0.1, 0.15) is 29.3 Å². The Balaban J connectivity index is 2.03. The van der Waals surface area contributed by atoms with Gasteiger partial charge in [-0.05, 0) is 55.0 Å². The summed E-state index contributed by atoms with van der Waals surface area (Å²) in [4.78, 5) is 27.6. The highest BCUT2D eigenvalue weighted by molar-refractivity contribution is 7.11. The molecule has 5 heteroatoms. The molecule has 1 N–H and O–H groups in total. The van der Waals surface area contributed by atoms with Crippen molar-refractivity contribution in [2.24, 2.45) is 0 Å². The number of carbonyl (C=O) groups excluding carboxylic acids is 2. The van der Waals surface area contributed by atoms with Gasteiger partial charge in [0.25, 0.3) is 11.8 Å². The monoisotopic (exact) mass is 340 g/mol. The SMILES string of the molecule is CCCN1C(=O)C(Nc2ccc(C)c(C)c2)=C(c2cccs2)C1=O. The van der Waals surface area contributed by atoms with E-state index in [1.807, 2.05) is 56.5 Å². The molecule has 1 aliphatic rings. The highest BCUT2D eigenvalue weighted by Gasteiger charge is 2.39. The number of benzene rings is 1. The minimum atomic E-state index is -0.247. The van der Waals surface area contributed by atoms with Crippen LogP contribution in [-0.2, 0) is 9.59 Å². The Kier molecular flexibility index (Phi) is 4.53.